The third kappa shape index (κ3) is 6.61. The van der Waals surface area contributed by atoms with Crippen LogP contribution in [0.25, 0.3) is 0 Å². The second-order valence-electron chi connectivity index (χ2n) is 7.23. The number of hydrogen-bond donors (Lipinski definition) is 4. The van der Waals surface area contributed by atoms with E-state index < -0.39 is 61.3 Å². The van der Waals surface area contributed by atoms with Crippen LogP contribution in [-0.4, -0.2) is 99.3 Å². The van der Waals surface area contributed by atoms with Gasteiger partial charge in [0.2, 0.25) is 6.79 Å². The third-order valence-electron chi connectivity index (χ3n) is 4.66. The first kappa shape index (κ1) is 26.0. The van der Waals surface area contributed by atoms with Gasteiger partial charge in [-0.05, 0) is 13.0 Å². The van der Waals surface area contributed by atoms with Gasteiger partial charge in [-0.25, -0.2) is 14.4 Å². The van der Waals surface area contributed by atoms with Gasteiger partial charge < -0.3 is 39.2 Å². The second-order valence-corrected chi connectivity index (χ2v) is 7.23. The van der Waals surface area contributed by atoms with Crippen LogP contribution >= 0.6 is 0 Å². The van der Waals surface area contributed by atoms with Gasteiger partial charge in [0.1, 0.15) is 30.2 Å². The number of ether oxygens (including phenoxy) is 4. The highest BCUT2D eigenvalue weighted by molar-refractivity contribution is 5.83. The lowest BCUT2D eigenvalue weighted by molar-refractivity contribution is -0.149. The summed E-state index contributed by atoms with van der Waals surface area (Å²) in [6, 6.07) is 1.24. The fraction of sp³-hybridized carbons (Fsp3) is 0.611. The van der Waals surface area contributed by atoms with Crippen molar-refractivity contribution in [3.8, 4) is 0 Å². The molecule has 4 N–H and O–H groups in total. The highest BCUT2D eigenvalue weighted by atomic mass is 16.7. The van der Waals surface area contributed by atoms with E-state index in [4.69, 9.17) is 9.47 Å². The summed E-state index contributed by atoms with van der Waals surface area (Å²) in [5, 5.41) is 31.9. The van der Waals surface area contributed by atoms with E-state index in [1.807, 2.05) is 0 Å². The molecule has 0 radical (unpaired) electrons. The largest absolute Gasteiger partial charge is 0.447 e. The molecule has 0 aromatic carbocycles. The molecule has 0 aliphatic carbocycles. The molecule has 0 bridgehead atoms. The van der Waals surface area contributed by atoms with E-state index in [-0.39, 0.29) is 19.0 Å². The van der Waals surface area contributed by atoms with Crippen LogP contribution in [-0.2, 0) is 23.7 Å². The Morgan fingerprint density at radius 2 is 2.03 bits per heavy atom. The van der Waals surface area contributed by atoms with Gasteiger partial charge in [0.25, 0.3) is 0 Å². The molecule has 1 fully saturated rings. The summed E-state index contributed by atoms with van der Waals surface area (Å²) in [5.41, 5.74) is -2.78. The number of rotatable bonds is 8. The normalized spacial score (nSPS) is 24.1. The van der Waals surface area contributed by atoms with Crippen LogP contribution in [0.15, 0.2) is 17.1 Å². The average molecular weight is 474 g/mol. The summed E-state index contributed by atoms with van der Waals surface area (Å²) in [6.07, 6.45) is -4.43. The Hall–Kier alpha value is -3.27. The van der Waals surface area contributed by atoms with E-state index in [1.165, 1.54) is 26.2 Å². The quantitative estimate of drug-likeness (QED) is 0.248. The zero-order valence-corrected chi connectivity index (χ0v) is 18.2. The Morgan fingerprint density at radius 3 is 2.61 bits per heavy atom. The number of hydrogen-bond acceptors (Lipinski definition) is 12. The molecule has 1 aliphatic heterocycles. The monoisotopic (exact) mass is 474 g/mol. The van der Waals surface area contributed by atoms with Crippen molar-refractivity contribution in [2.45, 2.75) is 37.9 Å². The van der Waals surface area contributed by atoms with Crippen molar-refractivity contribution in [3.05, 3.63) is 22.7 Å². The minimum atomic E-state index is -1.88. The zero-order chi connectivity index (χ0) is 24.8. The number of nitrogens with zero attached hydrogens (tertiary/aromatic N) is 3. The van der Waals surface area contributed by atoms with Crippen LogP contribution in [0.2, 0.25) is 0 Å². The van der Waals surface area contributed by atoms with Crippen LogP contribution in [0.1, 0.15) is 20.1 Å². The summed E-state index contributed by atoms with van der Waals surface area (Å²) in [5.74, 6) is -0.771. The van der Waals surface area contributed by atoms with Gasteiger partial charge in [0.05, 0.1) is 13.2 Å². The Morgan fingerprint density at radius 1 is 1.33 bits per heavy atom. The molecule has 4 atom stereocenters. The number of aliphatic hydroxyl groups is 3. The van der Waals surface area contributed by atoms with Crippen LogP contribution in [0.4, 0.5) is 15.4 Å². The maximum Gasteiger partial charge on any atom is 0.412 e. The maximum absolute atomic E-state index is 12.3. The van der Waals surface area contributed by atoms with Gasteiger partial charge >= 0.3 is 23.8 Å². The molecule has 15 nitrogen and oxygen atoms in total. The molecule has 15 heteroatoms. The van der Waals surface area contributed by atoms with Crippen molar-refractivity contribution < 1.29 is 48.7 Å². The Bertz CT molecular complexity index is 919. The fourth-order valence-electron chi connectivity index (χ4n) is 2.83. The standard InChI is InChI=1S/C18H26N4O11/c1-10(24)31-9-32-17(28)21(3)6-7-30-16(27)20-12-4-5-22(15(26)19-12)14-18(2,29)13(25)11(8-23)33-14/h4-5,11,13-14,23,25,29H,6-9H2,1-3H3,(H,19,20,26,27)/t11-,13-,14-,18-/m1/s1. The molecular weight excluding hydrogens is 448 g/mol. The maximum atomic E-state index is 12.3. The number of nitrogens with one attached hydrogen (secondary N) is 1. The Kier molecular flexibility index (Phi) is 8.69. The van der Waals surface area contributed by atoms with Crippen LogP contribution in [0, 0.1) is 0 Å². The first-order valence-corrected chi connectivity index (χ1v) is 9.68. The van der Waals surface area contributed by atoms with Gasteiger partial charge in [-0.1, -0.05) is 0 Å². The predicted octanol–water partition coefficient (Wildman–Crippen LogP) is -1.62. The average Bonchev–Trinajstić information content (AvgIpc) is 2.96. The van der Waals surface area contributed by atoms with Gasteiger partial charge in [0, 0.05) is 20.2 Å². The first-order chi connectivity index (χ1) is 15.5. The molecule has 2 amide bonds. The lowest BCUT2D eigenvalue weighted by Gasteiger charge is -2.27. The smallest absolute Gasteiger partial charge is 0.412 e. The molecule has 1 aromatic heterocycles. The van der Waals surface area contributed by atoms with Gasteiger partial charge in [0.15, 0.2) is 6.23 Å². The van der Waals surface area contributed by atoms with E-state index in [9.17, 15) is 34.5 Å². The number of aromatic nitrogens is 2. The van der Waals surface area contributed by atoms with E-state index in [2.05, 4.69) is 19.8 Å². The number of amides is 2. The minimum absolute atomic E-state index is 0.0379. The molecule has 0 spiro atoms. The molecule has 2 rings (SSSR count). The molecular formula is C18H26N4O11. The zero-order valence-electron chi connectivity index (χ0n) is 18.2. The summed E-state index contributed by atoms with van der Waals surface area (Å²) in [6.45, 7) is 1.03. The molecule has 1 aromatic rings. The summed E-state index contributed by atoms with van der Waals surface area (Å²) < 4.78 is 20.3. The summed E-state index contributed by atoms with van der Waals surface area (Å²) >= 11 is 0. The molecule has 184 valence electrons. The van der Waals surface area contributed by atoms with E-state index in [1.54, 1.807) is 0 Å². The SMILES string of the molecule is CC(=O)OCOC(=O)N(C)CCOC(=O)Nc1ccn([C@@H]2O[C@H](CO)[C@@H](O)[C@@]2(C)O)c(=O)n1. The molecule has 1 aliphatic rings. The van der Waals surface area contributed by atoms with Crippen molar-refractivity contribution in [1.29, 1.82) is 0 Å². The lowest BCUT2D eigenvalue weighted by Crippen LogP contribution is -2.46. The third-order valence-corrected chi connectivity index (χ3v) is 4.66. The van der Waals surface area contributed by atoms with E-state index in [0.717, 1.165) is 16.4 Å². The van der Waals surface area contributed by atoms with Crippen molar-refractivity contribution >= 4 is 24.0 Å². The molecule has 2 heterocycles. The van der Waals surface area contributed by atoms with Crippen molar-refractivity contribution in [2.75, 3.05) is 38.9 Å². The summed E-state index contributed by atoms with van der Waals surface area (Å²) in [7, 11) is 1.37. The number of aliphatic hydroxyl groups excluding tert-OH is 2. The van der Waals surface area contributed by atoms with Crippen LogP contribution in [0.5, 0.6) is 0 Å². The second kappa shape index (κ2) is 11.0. The van der Waals surface area contributed by atoms with Crippen LogP contribution in [0.3, 0.4) is 0 Å². The van der Waals surface area contributed by atoms with Crippen molar-refractivity contribution in [3.63, 3.8) is 0 Å². The number of anilines is 1. The Balaban J connectivity index is 1.86. The fourth-order valence-corrected chi connectivity index (χ4v) is 2.83. The topological polar surface area (TPSA) is 199 Å². The van der Waals surface area contributed by atoms with E-state index in [0.29, 0.717) is 0 Å². The molecule has 1 saturated heterocycles. The predicted molar refractivity (Wildman–Crippen MR) is 107 cm³/mol. The van der Waals surface area contributed by atoms with E-state index >= 15 is 0 Å². The van der Waals surface area contributed by atoms with Gasteiger partial charge in [-0.3, -0.25) is 14.7 Å². The molecule has 33 heavy (non-hydrogen) atoms. The number of carbonyl (C=O) groups is 3. The molecule has 0 unspecified atom stereocenters. The van der Waals surface area contributed by atoms with Crippen LogP contribution < -0.4 is 11.0 Å². The lowest BCUT2D eigenvalue weighted by atomic mass is 9.96. The summed E-state index contributed by atoms with van der Waals surface area (Å²) in [4.78, 5) is 51.2. The van der Waals surface area contributed by atoms with Crippen molar-refractivity contribution in [1.82, 2.24) is 14.5 Å². The highest BCUT2D eigenvalue weighted by Crippen LogP contribution is 2.37. The number of esters is 1. The van der Waals surface area contributed by atoms with Gasteiger partial charge in [-0.15, -0.1) is 0 Å². The highest BCUT2D eigenvalue weighted by Gasteiger charge is 2.53. The molecule has 0 saturated carbocycles. The minimum Gasteiger partial charge on any atom is -0.447 e. The number of carbonyl (C=O) groups excluding carboxylic acids is 3. The number of likely N-dealkylation sites (N-methyl/N-ethyl adjacent to an activating group) is 1. The Labute approximate surface area is 187 Å². The first-order valence-electron chi connectivity index (χ1n) is 9.68. The van der Waals surface area contributed by atoms with Crippen molar-refractivity contribution in [2.24, 2.45) is 0 Å². The van der Waals surface area contributed by atoms with Gasteiger partial charge in [-0.2, -0.15) is 4.98 Å².